The van der Waals surface area contributed by atoms with Crippen LogP contribution < -0.4 is 0 Å². The fourth-order valence-corrected chi connectivity index (χ4v) is 3.43. The predicted molar refractivity (Wildman–Crippen MR) is 48.9 cm³/mol. The number of hydrogen-bond donors (Lipinski definition) is 0. The van der Waals surface area contributed by atoms with E-state index in [0.29, 0.717) is 0 Å². The molecule has 1 aliphatic rings. The summed E-state index contributed by atoms with van der Waals surface area (Å²) in [6.45, 7) is 0. The number of hydrogen-bond acceptors (Lipinski definition) is 3. The molecule has 0 bridgehead atoms. The van der Waals surface area contributed by atoms with Crippen molar-refractivity contribution < 1.29 is 0 Å². The van der Waals surface area contributed by atoms with Gasteiger partial charge in [-0.1, -0.05) is 0 Å². The van der Waals surface area contributed by atoms with Gasteiger partial charge in [0.1, 0.15) is 6.07 Å². The number of nitriles is 1. The Morgan fingerprint density at radius 1 is 1.55 bits per heavy atom. The molecule has 56 valence electrons. The van der Waals surface area contributed by atoms with E-state index in [1.807, 2.05) is 17.1 Å². The first-order chi connectivity index (χ1) is 5.42. The van der Waals surface area contributed by atoms with Gasteiger partial charge in [-0.15, -0.1) is 11.3 Å². The van der Waals surface area contributed by atoms with E-state index in [0.717, 1.165) is 17.7 Å². The minimum absolute atomic E-state index is 0.908. The molecular formula is C8H7NS2. The smallest absolute Gasteiger partial charge is 0.100 e. The molecule has 0 atom stereocenters. The van der Waals surface area contributed by atoms with Gasteiger partial charge in [0, 0.05) is 16.0 Å². The van der Waals surface area contributed by atoms with Gasteiger partial charge in [-0.25, -0.2) is 0 Å². The molecule has 0 amide bonds. The van der Waals surface area contributed by atoms with Crippen molar-refractivity contribution in [3.05, 3.63) is 21.4 Å². The van der Waals surface area contributed by atoms with Gasteiger partial charge in [0.25, 0.3) is 0 Å². The van der Waals surface area contributed by atoms with Crippen LogP contribution in [0.5, 0.6) is 0 Å². The monoisotopic (exact) mass is 181 g/mol. The average Bonchev–Trinajstić information content (AvgIpc) is 2.47. The van der Waals surface area contributed by atoms with E-state index >= 15 is 0 Å². The van der Waals surface area contributed by atoms with E-state index in [4.69, 9.17) is 5.26 Å². The highest BCUT2D eigenvalue weighted by Crippen LogP contribution is 2.31. The van der Waals surface area contributed by atoms with E-state index in [1.165, 1.54) is 16.2 Å². The van der Waals surface area contributed by atoms with E-state index in [2.05, 4.69) is 6.07 Å². The SMILES string of the molecule is N#Cc1csc2c1CCSC2. The van der Waals surface area contributed by atoms with Crippen molar-refractivity contribution in [1.29, 1.82) is 5.26 Å². The van der Waals surface area contributed by atoms with Crippen molar-refractivity contribution >= 4 is 23.1 Å². The van der Waals surface area contributed by atoms with Crippen LogP contribution in [0.4, 0.5) is 0 Å². The van der Waals surface area contributed by atoms with Crippen molar-refractivity contribution in [2.75, 3.05) is 5.75 Å². The molecule has 0 fully saturated rings. The van der Waals surface area contributed by atoms with Crippen LogP contribution in [0.15, 0.2) is 5.38 Å². The van der Waals surface area contributed by atoms with Crippen molar-refractivity contribution in [3.8, 4) is 6.07 Å². The summed E-state index contributed by atoms with van der Waals surface area (Å²) in [6.07, 6.45) is 1.09. The average molecular weight is 181 g/mol. The molecule has 0 radical (unpaired) electrons. The highest BCUT2D eigenvalue weighted by molar-refractivity contribution is 7.98. The highest BCUT2D eigenvalue weighted by Gasteiger charge is 2.14. The first-order valence-corrected chi connectivity index (χ1v) is 5.52. The Morgan fingerprint density at radius 2 is 2.45 bits per heavy atom. The number of rotatable bonds is 0. The lowest BCUT2D eigenvalue weighted by atomic mass is 10.1. The molecule has 11 heavy (non-hydrogen) atoms. The second-order valence-electron chi connectivity index (χ2n) is 2.47. The van der Waals surface area contributed by atoms with E-state index in [1.54, 1.807) is 11.3 Å². The molecule has 3 heteroatoms. The molecule has 2 rings (SSSR count). The molecule has 1 aromatic rings. The van der Waals surface area contributed by atoms with Crippen LogP contribution in [0.1, 0.15) is 16.0 Å². The van der Waals surface area contributed by atoms with Crippen LogP contribution in [0.2, 0.25) is 0 Å². The van der Waals surface area contributed by atoms with Crippen LogP contribution in [0.3, 0.4) is 0 Å². The number of thioether (sulfide) groups is 1. The Kier molecular flexibility index (Phi) is 1.89. The quantitative estimate of drug-likeness (QED) is 0.613. The lowest BCUT2D eigenvalue weighted by Crippen LogP contribution is -1.99. The van der Waals surface area contributed by atoms with Gasteiger partial charge in [0.15, 0.2) is 0 Å². The van der Waals surface area contributed by atoms with Crippen molar-refractivity contribution in [2.24, 2.45) is 0 Å². The number of fused-ring (bicyclic) bond motifs is 1. The van der Waals surface area contributed by atoms with Crippen LogP contribution in [0, 0.1) is 11.3 Å². The Balaban J connectivity index is 2.48. The highest BCUT2D eigenvalue weighted by atomic mass is 32.2. The maximum Gasteiger partial charge on any atom is 0.100 e. The molecule has 1 aromatic heterocycles. The van der Waals surface area contributed by atoms with Crippen molar-refractivity contribution in [1.82, 2.24) is 0 Å². The summed E-state index contributed by atoms with van der Waals surface area (Å²) in [5, 5.41) is 10.7. The van der Waals surface area contributed by atoms with Crippen molar-refractivity contribution in [2.45, 2.75) is 12.2 Å². The molecule has 0 N–H and O–H groups in total. The van der Waals surface area contributed by atoms with Gasteiger partial charge in [-0.2, -0.15) is 17.0 Å². The molecule has 0 spiro atoms. The lowest BCUT2D eigenvalue weighted by molar-refractivity contribution is 1.11. The number of thiophene rings is 1. The summed E-state index contributed by atoms with van der Waals surface area (Å²) >= 11 is 3.70. The first-order valence-electron chi connectivity index (χ1n) is 3.49. The zero-order chi connectivity index (χ0) is 7.68. The van der Waals surface area contributed by atoms with Crippen molar-refractivity contribution in [3.63, 3.8) is 0 Å². The summed E-state index contributed by atoms with van der Waals surface area (Å²) in [5.74, 6) is 2.29. The Labute approximate surface area is 74.0 Å². The molecule has 0 saturated carbocycles. The second kappa shape index (κ2) is 2.88. The fraction of sp³-hybridized carbons (Fsp3) is 0.375. The molecule has 1 nitrogen and oxygen atoms in total. The maximum absolute atomic E-state index is 8.73. The van der Waals surface area contributed by atoms with Gasteiger partial charge in [-0.05, 0) is 17.7 Å². The molecule has 0 saturated heterocycles. The van der Waals surface area contributed by atoms with Crippen LogP contribution in [-0.4, -0.2) is 5.75 Å². The molecular weight excluding hydrogens is 174 g/mol. The van der Waals surface area contributed by atoms with Gasteiger partial charge in [-0.3, -0.25) is 0 Å². The normalized spacial score (nSPS) is 15.5. The Bertz CT molecular complexity index is 308. The minimum Gasteiger partial charge on any atom is -0.192 e. The minimum atomic E-state index is 0.908. The summed E-state index contributed by atoms with van der Waals surface area (Å²) < 4.78 is 0. The van der Waals surface area contributed by atoms with Gasteiger partial charge < -0.3 is 0 Å². The topological polar surface area (TPSA) is 23.8 Å². The summed E-state index contributed by atoms with van der Waals surface area (Å²) in [4.78, 5) is 1.41. The Hall–Kier alpha value is -0.460. The standard InChI is InChI=1S/C8H7NS2/c9-3-6-4-11-8-5-10-2-1-7(6)8/h4H,1-2,5H2. The molecule has 0 unspecified atom stereocenters. The van der Waals surface area contributed by atoms with Crippen LogP contribution in [0.25, 0.3) is 0 Å². The van der Waals surface area contributed by atoms with Gasteiger partial charge in [0.2, 0.25) is 0 Å². The van der Waals surface area contributed by atoms with E-state index < -0.39 is 0 Å². The summed E-state index contributed by atoms with van der Waals surface area (Å²) in [7, 11) is 0. The molecule has 0 aromatic carbocycles. The lowest BCUT2D eigenvalue weighted by Gasteiger charge is -2.09. The zero-order valence-corrected chi connectivity index (χ0v) is 7.60. The third kappa shape index (κ3) is 1.17. The third-order valence-corrected chi connectivity index (χ3v) is 4.03. The van der Waals surface area contributed by atoms with E-state index in [-0.39, 0.29) is 0 Å². The summed E-state index contributed by atoms with van der Waals surface area (Å²) in [6, 6.07) is 2.24. The second-order valence-corrected chi connectivity index (χ2v) is 4.53. The van der Waals surface area contributed by atoms with Gasteiger partial charge in [0.05, 0.1) is 5.56 Å². The molecule has 1 aliphatic heterocycles. The Morgan fingerprint density at radius 3 is 3.27 bits per heavy atom. The number of nitrogens with zero attached hydrogens (tertiary/aromatic N) is 1. The zero-order valence-electron chi connectivity index (χ0n) is 5.96. The fourth-order valence-electron chi connectivity index (χ4n) is 1.25. The van der Waals surface area contributed by atoms with Crippen LogP contribution in [-0.2, 0) is 12.2 Å². The van der Waals surface area contributed by atoms with E-state index in [9.17, 15) is 0 Å². The third-order valence-electron chi connectivity index (χ3n) is 1.83. The molecule has 0 aliphatic carbocycles. The largest absolute Gasteiger partial charge is 0.192 e. The summed E-state index contributed by atoms with van der Waals surface area (Å²) in [5.41, 5.74) is 2.22. The predicted octanol–water partition coefficient (Wildman–Crippen LogP) is 2.41. The maximum atomic E-state index is 8.73. The first kappa shape index (κ1) is 7.20. The van der Waals surface area contributed by atoms with Crippen LogP contribution >= 0.6 is 23.1 Å². The molecule has 2 heterocycles. The van der Waals surface area contributed by atoms with Gasteiger partial charge >= 0.3 is 0 Å².